The molecule has 1 aliphatic carbocycles. The van der Waals surface area contributed by atoms with Gasteiger partial charge in [-0.15, -0.1) is 0 Å². The Balaban J connectivity index is 1.46. The number of fused-ring (bicyclic) bond motifs is 1. The summed E-state index contributed by atoms with van der Waals surface area (Å²) in [7, 11) is 0. The normalized spacial score (nSPS) is 16.1. The summed E-state index contributed by atoms with van der Waals surface area (Å²) < 4.78 is 16.8. The molecule has 0 spiro atoms. The van der Waals surface area contributed by atoms with Gasteiger partial charge in [-0.05, 0) is 51.0 Å². The van der Waals surface area contributed by atoms with Gasteiger partial charge in [0.2, 0.25) is 11.8 Å². The summed E-state index contributed by atoms with van der Waals surface area (Å²) in [6.07, 6.45) is 0.978. The molecule has 2 N–H and O–H groups in total. The molecule has 0 unspecified atom stereocenters. The van der Waals surface area contributed by atoms with E-state index in [1.165, 1.54) is 0 Å². The Labute approximate surface area is 169 Å². The molecule has 152 valence electrons. The highest BCUT2D eigenvalue weighted by Crippen LogP contribution is 2.48. The van der Waals surface area contributed by atoms with E-state index in [1.807, 2.05) is 26.0 Å². The quantitative estimate of drug-likeness (QED) is 0.729. The molecule has 0 bridgehead atoms. The smallest absolute Gasteiger partial charge is 0.240 e. The first-order valence-electron chi connectivity index (χ1n) is 9.76. The Hall–Kier alpha value is -3.22. The third kappa shape index (κ3) is 3.99. The van der Waals surface area contributed by atoms with E-state index in [-0.39, 0.29) is 17.9 Å². The maximum absolute atomic E-state index is 12.9. The van der Waals surface area contributed by atoms with E-state index in [0.29, 0.717) is 54.7 Å². The molecular weight excluding hydrogens is 372 g/mol. The molecule has 1 aliphatic heterocycles. The number of anilines is 2. The average molecular weight is 396 g/mol. The van der Waals surface area contributed by atoms with Crippen LogP contribution in [-0.4, -0.2) is 31.1 Å². The average Bonchev–Trinajstić information content (AvgIpc) is 3.51. The zero-order valence-corrected chi connectivity index (χ0v) is 16.5. The van der Waals surface area contributed by atoms with Crippen LogP contribution in [0.5, 0.6) is 17.2 Å². The Morgan fingerprint density at radius 1 is 0.966 bits per heavy atom. The molecule has 2 aliphatic rings. The number of para-hydroxylation sites is 2. The van der Waals surface area contributed by atoms with E-state index in [1.54, 1.807) is 30.3 Å². The number of benzene rings is 2. The van der Waals surface area contributed by atoms with Crippen LogP contribution in [0.1, 0.15) is 26.7 Å². The van der Waals surface area contributed by atoms with Gasteiger partial charge in [-0.2, -0.15) is 0 Å². The summed E-state index contributed by atoms with van der Waals surface area (Å²) in [4.78, 5) is 25.8. The van der Waals surface area contributed by atoms with Crippen LogP contribution < -0.4 is 24.8 Å². The second-order valence-corrected chi connectivity index (χ2v) is 7.51. The van der Waals surface area contributed by atoms with E-state index < -0.39 is 5.41 Å². The van der Waals surface area contributed by atoms with E-state index >= 15 is 0 Å². The molecule has 0 aromatic heterocycles. The standard InChI is InChI=1S/C22H24N2O5/c1-14(2)29-17-6-4-3-5-16(17)24-21(26)22(9-10-22)20(25)23-15-7-8-18-19(13-15)28-12-11-27-18/h3-8,13-14H,9-12H2,1-2H3,(H,23,25)(H,24,26). The van der Waals surface area contributed by atoms with Gasteiger partial charge in [-0.3, -0.25) is 9.59 Å². The Bertz CT molecular complexity index is 937. The second kappa shape index (κ2) is 7.66. The number of amides is 2. The van der Waals surface area contributed by atoms with Gasteiger partial charge in [0, 0.05) is 11.8 Å². The monoisotopic (exact) mass is 396 g/mol. The van der Waals surface area contributed by atoms with Crippen molar-refractivity contribution in [2.45, 2.75) is 32.8 Å². The van der Waals surface area contributed by atoms with E-state index in [4.69, 9.17) is 14.2 Å². The van der Waals surface area contributed by atoms with Crippen molar-refractivity contribution >= 4 is 23.2 Å². The van der Waals surface area contributed by atoms with Crippen LogP contribution in [-0.2, 0) is 9.59 Å². The molecule has 7 nitrogen and oxygen atoms in total. The van der Waals surface area contributed by atoms with Crippen LogP contribution in [0.25, 0.3) is 0 Å². The molecule has 2 amide bonds. The van der Waals surface area contributed by atoms with Gasteiger partial charge >= 0.3 is 0 Å². The van der Waals surface area contributed by atoms with Crippen molar-refractivity contribution in [3.8, 4) is 17.2 Å². The van der Waals surface area contributed by atoms with Crippen LogP contribution in [0.4, 0.5) is 11.4 Å². The first-order chi connectivity index (χ1) is 14.0. The number of hydrogen-bond acceptors (Lipinski definition) is 5. The SMILES string of the molecule is CC(C)Oc1ccccc1NC(=O)C1(C(=O)Nc2ccc3c(c2)OCCO3)CC1. The summed E-state index contributed by atoms with van der Waals surface area (Å²) in [5.74, 6) is 1.16. The molecule has 0 atom stereocenters. The zero-order valence-electron chi connectivity index (χ0n) is 16.5. The first kappa shape index (κ1) is 19.1. The highest BCUT2D eigenvalue weighted by atomic mass is 16.6. The molecule has 1 fully saturated rings. The summed E-state index contributed by atoms with van der Waals surface area (Å²) >= 11 is 0. The molecule has 2 aromatic carbocycles. The number of nitrogens with one attached hydrogen (secondary N) is 2. The van der Waals surface area contributed by atoms with Gasteiger partial charge in [-0.25, -0.2) is 0 Å². The lowest BCUT2D eigenvalue weighted by Crippen LogP contribution is -2.35. The minimum absolute atomic E-state index is 0.0264. The van der Waals surface area contributed by atoms with Crippen LogP contribution >= 0.6 is 0 Å². The summed E-state index contributed by atoms with van der Waals surface area (Å²) in [6.45, 7) is 4.81. The third-order valence-corrected chi connectivity index (χ3v) is 4.92. The second-order valence-electron chi connectivity index (χ2n) is 7.51. The number of hydrogen-bond donors (Lipinski definition) is 2. The topological polar surface area (TPSA) is 85.9 Å². The minimum atomic E-state index is -1.07. The molecule has 7 heteroatoms. The fourth-order valence-electron chi connectivity index (χ4n) is 3.22. The van der Waals surface area contributed by atoms with Gasteiger partial charge in [0.1, 0.15) is 24.4 Å². The predicted octanol–water partition coefficient (Wildman–Crippen LogP) is 3.60. The number of rotatable bonds is 6. The highest BCUT2D eigenvalue weighted by Gasteiger charge is 2.56. The number of ether oxygens (including phenoxy) is 3. The Morgan fingerprint density at radius 2 is 1.66 bits per heavy atom. The van der Waals surface area contributed by atoms with E-state index in [9.17, 15) is 9.59 Å². The van der Waals surface area contributed by atoms with Crippen LogP contribution in [0.3, 0.4) is 0 Å². The molecule has 2 aromatic rings. The van der Waals surface area contributed by atoms with Crippen molar-refractivity contribution in [2.75, 3.05) is 23.8 Å². The highest BCUT2D eigenvalue weighted by molar-refractivity contribution is 6.17. The van der Waals surface area contributed by atoms with Crippen LogP contribution in [0.15, 0.2) is 42.5 Å². The number of carbonyl (C=O) groups is 2. The number of carbonyl (C=O) groups excluding carboxylic acids is 2. The molecule has 1 heterocycles. The molecule has 0 saturated heterocycles. The minimum Gasteiger partial charge on any atom is -0.489 e. The predicted molar refractivity (Wildman–Crippen MR) is 109 cm³/mol. The van der Waals surface area contributed by atoms with Gasteiger partial charge in [0.05, 0.1) is 11.8 Å². The van der Waals surface area contributed by atoms with Crippen molar-refractivity contribution in [3.05, 3.63) is 42.5 Å². The fraction of sp³-hybridized carbons (Fsp3) is 0.364. The molecule has 1 saturated carbocycles. The maximum Gasteiger partial charge on any atom is 0.240 e. The maximum atomic E-state index is 12.9. The van der Waals surface area contributed by atoms with Crippen LogP contribution in [0.2, 0.25) is 0 Å². The lowest BCUT2D eigenvalue weighted by molar-refractivity contribution is -0.131. The largest absolute Gasteiger partial charge is 0.489 e. The molecule has 0 radical (unpaired) electrons. The summed E-state index contributed by atoms with van der Waals surface area (Å²) in [5, 5.41) is 5.71. The van der Waals surface area contributed by atoms with Gasteiger partial charge in [0.15, 0.2) is 11.5 Å². The molecule has 4 rings (SSSR count). The van der Waals surface area contributed by atoms with Crippen molar-refractivity contribution < 1.29 is 23.8 Å². The van der Waals surface area contributed by atoms with Gasteiger partial charge in [-0.1, -0.05) is 12.1 Å². The van der Waals surface area contributed by atoms with Gasteiger partial charge < -0.3 is 24.8 Å². The zero-order chi connectivity index (χ0) is 20.4. The van der Waals surface area contributed by atoms with Crippen LogP contribution in [0, 0.1) is 5.41 Å². The summed E-state index contributed by atoms with van der Waals surface area (Å²) in [6, 6.07) is 12.4. The van der Waals surface area contributed by atoms with E-state index in [0.717, 1.165) is 0 Å². The lowest BCUT2D eigenvalue weighted by atomic mass is 10.0. The van der Waals surface area contributed by atoms with Crippen molar-refractivity contribution in [3.63, 3.8) is 0 Å². The third-order valence-electron chi connectivity index (χ3n) is 4.92. The molecular formula is C22H24N2O5. The summed E-state index contributed by atoms with van der Waals surface area (Å²) in [5.41, 5.74) is 0.0598. The first-order valence-corrected chi connectivity index (χ1v) is 9.76. The fourth-order valence-corrected chi connectivity index (χ4v) is 3.22. The Kier molecular flexibility index (Phi) is 5.05. The molecule has 29 heavy (non-hydrogen) atoms. The van der Waals surface area contributed by atoms with Crippen molar-refractivity contribution in [2.24, 2.45) is 5.41 Å². The van der Waals surface area contributed by atoms with Crippen molar-refractivity contribution in [1.29, 1.82) is 0 Å². The van der Waals surface area contributed by atoms with Crippen molar-refractivity contribution in [1.82, 2.24) is 0 Å². The lowest BCUT2D eigenvalue weighted by Gasteiger charge is -2.20. The van der Waals surface area contributed by atoms with Gasteiger partial charge in [0.25, 0.3) is 0 Å². The Morgan fingerprint density at radius 3 is 2.38 bits per heavy atom. The van der Waals surface area contributed by atoms with E-state index in [2.05, 4.69) is 10.6 Å².